The molecule has 0 bridgehead atoms. The average molecular weight is 412 g/mol. The molecule has 0 unspecified atom stereocenters. The molecule has 4 rings (SSSR count). The minimum absolute atomic E-state index is 0.194. The number of hydrogen-bond acceptors (Lipinski definition) is 5. The first-order valence-corrected chi connectivity index (χ1v) is 11.3. The highest BCUT2D eigenvalue weighted by Crippen LogP contribution is 2.33. The molecule has 1 saturated heterocycles. The fourth-order valence-corrected chi connectivity index (χ4v) is 4.81. The van der Waals surface area contributed by atoms with Gasteiger partial charge in [-0.15, -0.1) is 0 Å². The second kappa shape index (κ2) is 8.53. The van der Waals surface area contributed by atoms with E-state index in [0.29, 0.717) is 6.42 Å². The number of piperidine rings is 1. The molecule has 29 heavy (non-hydrogen) atoms. The average Bonchev–Trinajstić information content (AvgIpc) is 3.28. The summed E-state index contributed by atoms with van der Waals surface area (Å²) in [7, 11) is 0. The fourth-order valence-electron chi connectivity index (χ4n) is 3.78. The Kier molecular flexibility index (Phi) is 5.85. The highest BCUT2D eigenvalue weighted by atomic mass is 32.1. The van der Waals surface area contributed by atoms with Gasteiger partial charge in [-0.1, -0.05) is 42.4 Å². The van der Waals surface area contributed by atoms with Gasteiger partial charge in [0.15, 0.2) is 10.8 Å². The summed E-state index contributed by atoms with van der Waals surface area (Å²) >= 11 is 1.72. The van der Waals surface area contributed by atoms with Crippen molar-refractivity contribution in [2.75, 3.05) is 18.0 Å². The topological polar surface area (TPSA) is 63.1 Å². The maximum Gasteiger partial charge on any atom is 0.220 e. The minimum Gasteiger partial charge on any atom is -0.353 e. The van der Waals surface area contributed by atoms with Crippen molar-refractivity contribution < 1.29 is 4.79 Å². The zero-order valence-electron chi connectivity index (χ0n) is 17.4. The number of nitrogens with zero attached hydrogens (tertiary/aromatic N) is 4. The zero-order valence-corrected chi connectivity index (χ0v) is 18.3. The van der Waals surface area contributed by atoms with E-state index < -0.39 is 0 Å². The normalized spacial score (nSPS) is 15.2. The van der Waals surface area contributed by atoms with Crippen molar-refractivity contribution >= 4 is 32.7 Å². The monoisotopic (exact) mass is 411 g/mol. The lowest BCUT2D eigenvalue weighted by Gasteiger charge is -2.32. The third-order valence-electron chi connectivity index (χ3n) is 5.54. The molecule has 3 aromatic rings. The number of amides is 1. The van der Waals surface area contributed by atoms with Crippen molar-refractivity contribution in [3.8, 4) is 5.69 Å². The summed E-state index contributed by atoms with van der Waals surface area (Å²) in [6.45, 7) is 8.10. The van der Waals surface area contributed by atoms with E-state index in [1.165, 1.54) is 5.56 Å². The van der Waals surface area contributed by atoms with Crippen LogP contribution in [0.25, 0.3) is 16.0 Å². The van der Waals surface area contributed by atoms with Crippen LogP contribution in [0.1, 0.15) is 50.3 Å². The van der Waals surface area contributed by atoms with Crippen molar-refractivity contribution in [3.63, 3.8) is 0 Å². The summed E-state index contributed by atoms with van der Waals surface area (Å²) in [5.41, 5.74) is 4.22. The number of aromatic nitrogens is 3. The molecule has 3 heterocycles. The van der Waals surface area contributed by atoms with Gasteiger partial charge in [0.25, 0.3) is 0 Å². The van der Waals surface area contributed by atoms with Crippen molar-refractivity contribution in [2.45, 2.75) is 58.9 Å². The molecular formula is C22H29N5OS. The van der Waals surface area contributed by atoms with Gasteiger partial charge in [-0.25, -0.2) is 4.68 Å². The molecule has 6 nitrogen and oxygen atoms in total. The predicted octanol–water partition coefficient (Wildman–Crippen LogP) is 4.37. The molecule has 2 aromatic heterocycles. The standard InChI is InChI=1S/C22H29N5OS/c1-4-5-6-19(28)23-17-11-13-26(14-12-17)22-24-21-20(29-22)16(3)25-27(21)18-9-7-15(2)8-10-18/h7-10,17H,4-6,11-14H2,1-3H3,(H,23,28). The Bertz CT molecular complexity index is 983. The Morgan fingerprint density at radius 2 is 1.93 bits per heavy atom. The van der Waals surface area contributed by atoms with Crippen molar-refractivity contribution in [3.05, 3.63) is 35.5 Å². The number of anilines is 1. The molecule has 0 saturated carbocycles. The minimum atomic E-state index is 0.194. The van der Waals surface area contributed by atoms with Crippen LogP contribution in [0.3, 0.4) is 0 Å². The number of thiazole rings is 1. The lowest BCUT2D eigenvalue weighted by atomic mass is 10.1. The molecule has 154 valence electrons. The number of rotatable bonds is 6. The molecule has 1 N–H and O–H groups in total. The molecule has 0 atom stereocenters. The van der Waals surface area contributed by atoms with Gasteiger partial charge in [-0.05, 0) is 45.2 Å². The first kappa shape index (κ1) is 19.9. The molecule has 1 amide bonds. The third-order valence-corrected chi connectivity index (χ3v) is 6.76. The predicted molar refractivity (Wildman–Crippen MR) is 119 cm³/mol. The summed E-state index contributed by atoms with van der Waals surface area (Å²) < 4.78 is 3.10. The number of unbranched alkanes of at least 4 members (excludes halogenated alkanes) is 1. The smallest absolute Gasteiger partial charge is 0.220 e. The van der Waals surface area contributed by atoms with Crippen molar-refractivity contribution in [1.82, 2.24) is 20.1 Å². The number of fused-ring (bicyclic) bond motifs is 1. The van der Waals surface area contributed by atoms with E-state index in [9.17, 15) is 4.79 Å². The van der Waals surface area contributed by atoms with Crippen molar-refractivity contribution in [1.29, 1.82) is 0 Å². The molecule has 1 aromatic carbocycles. The summed E-state index contributed by atoms with van der Waals surface area (Å²) in [4.78, 5) is 19.3. The second-order valence-electron chi connectivity index (χ2n) is 7.91. The maximum absolute atomic E-state index is 12.0. The van der Waals surface area contributed by atoms with Crippen LogP contribution in [-0.2, 0) is 4.79 Å². The van der Waals surface area contributed by atoms with E-state index in [4.69, 9.17) is 10.1 Å². The molecule has 0 radical (unpaired) electrons. The van der Waals surface area contributed by atoms with Crippen LogP contribution < -0.4 is 10.2 Å². The van der Waals surface area contributed by atoms with Crippen molar-refractivity contribution in [2.24, 2.45) is 0 Å². The Labute approximate surface area is 175 Å². The largest absolute Gasteiger partial charge is 0.353 e. The zero-order chi connectivity index (χ0) is 20.4. The van der Waals surface area contributed by atoms with E-state index in [2.05, 4.69) is 48.3 Å². The highest BCUT2D eigenvalue weighted by Gasteiger charge is 2.24. The van der Waals surface area contributed by atoms with Crippen LogP contribution in [0.4, 0.5) is 5.13 Å². The highest BCUT2D eigenvalue weighted by molar-refractivity contribution is 7.22. The number of aryl methyl sites for hydroxylation is 2. The van der Waals surface area contributed by atoms with Gasteiger partial charge in [0.1, 0.15) is 0 Å². The Hall–Kier alpha value is -2.41. The van der Waals surface area contributed by atoms with Crippen LogP contribution in [-0.4, -0.2) is 39.8 Å². The summed E-state index contributed by atoms with van der Waals surface area (Å²) in [6.07, 6.45) is 4.60. The maximum atomic E-state index is 12.0. The Balaban J connectivity index is 1.46. The summed E-state index contributed by atoms with van der Waals surface area (Å²) in [5, 5.41) is 8.95. The molecule has 1 aliphatic rings. The molecule has 1 fully saturated rings. The van der Waals surface area contributed by atoms with Gasteiger partial charge < -0.3 is 10.2 Å². The van der Waals surface area contributed by atoms with E-state index >= 15 is 0 Å². The summed E-state index contributed by atoms with van der Waals surface area (Å²) in [5.74, 6) is 0.194. The summed E-state index contributed by atoms with van der Waals surface area (Å²) in [6, 6.07) is 8.67. The first-order chi connectivity index (χ1) is 14.0. The van der Waals surface area contributed by atoms with Crippen LogP contribution in [0.15, 0.2) is 24.3 Å². The van der Waals surface area contributed by atoms with Gasteiger partial charge in [0, 0.05) is 25.6 Å². The molecule has 0 spiro atoms. The van der Waals surface area contributed by atoms with Gasteiger partial charge in [-0.2, -0.15) is 10.1 Å². The second-order valence-corrected chi connectivity index (χ2v) is 8.89. The van der Waals surface area contributed by atoms with Crippen LogP contribution in [0.5, 0.6) is 0 Å². The van der Waals surface area contributed by atoms with Gasteiger partial charge in [-0.3, -0.25) is 4.79 Å². The number of benzene rings is 1. The van der Waals surface area contributed by atoms with Gasteiger partial charge in [0.2, 0.25) is 5.91 Å². The SMILES string of the molecule is CCCCC(=O)NC1CCN(c2nc3c(s2)c(C)nn3-c2ccc(C)cc2)CC1. The number of carbonyl (C=O) groups is 1. The van der Waals surface area contributed by atoms with Gasteiger partial charge >= 0.3 is 0 Å². The Morgan fingerprint density at radius 1 is 1.21 bits per heavy atom. The molecular weight excluding hydrogens is 382 g/mol. The lowest BCUT2D eigenvalue weighted by Crippen LogP contribution is -2.44. The van der Waals surface area contributed by atoms with Crippen LogP contribution in [0, 0.1) is 13.8 Å². The van der Waals surface area contributed by atoms with E-state index in [1.54, 1.807) is 11.3 Å². The number of carbonyl (C=O) groups excluding carboxylic acids is 1. The molecule has 7 heteroatoms. The lowest BCUT2D eigenvalue weighted by molar-refractivity contribution is -0.122. The third kappa shape index (κ3) is 4.29. The van der Waals surface area contributed by atoms with Gasteiger partial charge in [0.05, 0.1) is 16.1 Å². The van der Waals surface area contributed by atoms with Crippen LogP contribution >= 0.6 is 11.3 Å². The number of hydrogen-bond donors (Lipinski definition) is 1. The first-order valence-electron chi connectivity index (χ1n) is 10.5. The fraction of sp³-hybridized carbons (Fsp3) is 0.500. The van der Waals surface area contributed by atoms with Crippen LogP contribution in [0.2, 0.25) is 0 Å². The van der Waals surface area contributed by atoms with E-state index in [0.717, 1.165) is 65.6 Å². The Morgan fingerprint density at radius 3 is 2.62 bits per heavy atom. The molecule has 0 aliphatic carbocycles. The van der Waals surface area contributed by atoms with E-state index in [-0.39, 0.29) is 11.9 Å². The number of nitrogens with one attached hydrogen (secondary N) is 1. The van der Waals surface area contributed by atoms with E-state index in [1.807, 2.05) is 11.6 Å². The molecule has 1 aliphatic heterocycles. The quantitative estimate of drug-likeness (QED) is 0.654.